The number of thiophene rings is 2. The van der Waals surface area contributed by atoms with Gasteiger partial charge < -0.3 is 14.7 Å². The van der Waals surface area contributed by atoms with Crippen LogP contribution in [-0.2, 0) is 0 Å². The van der Waals surface area contributed by atoms with Crippen LogP contribution in [0.25, 0.3) is 62.2 Å². The van der Waals surface area contributed by atoms with Crippen molar-refractivity contribution in [1.29, 1.82) is 0 Å². The second-order valence-electron chi connectivity index (χ2n) is 17.3. The molecule has 11 aromatic carbocycles. The smallest absolute Gasteiger partial charge is 0.0540 e. The van der Waals surface area contributed by atoms with Crippen molar-refractivity contribution >= 4 is 125 Å². The molecule has 0 aliphatic rings. The summed E-state index contributed by atoms with van der Waals surface area (Å²) in [6.07, 6.45) is 0. The molecule has 0 unspecified atom stereocenters. The van der Waals surface area contributed by atoms with Crippen LogP contribution in [0.15, 0.2) is 261 Å². The zero-order chi connectivity index (χ0) is 45.7. The van der Waals surface area contributed by atoms with Crippen LogP contribution in [0.5, 0.6) is 0 Å². The predicted molar refractivity (Wildman–Crippen MR) is 299 cm³/mol. The Labute approximate surface area is 409 Å². The van der Waals surface area contributed by atoms with Gasteiger partial charge in [-0.25, -0.2) is 0 Å². The third-order valence-electron chi connectivity index (χ3n) is 13.2. The minimum absolute atomic E-state index is 1.06. The Morgan fingerprint density at radius 3 is 1.04 bits per heavy atom. The fraction of sp³-hybridized carbons (Fsp3) is 0. The lowest BCUT2D eigenvalue weighted by Crippen LogP contribution is -2.13. The Hall–Kier alpha value is -8.48. The highest BCUT2D eigenvalue weighted by Crippen LogP contribution is 2.48. The molecule has 5 heteroatoms. The van der Waals surface area contributed by atoms with Gasteiger partial charge in [0.15, 0.2) is 0 Å². The molecule has 0 aliphatic carbocycles. The Morgan fingerprint density at radius 2 is 0.594 bits per heavy atom. The lowest BCUT2D eigenvalue weighted by atomic mass is 9.95. The molecule has 0 saturated carbocycles. The first kappa shape index (κ1) is 40.8. The summed E-state index contributed by atoms with van der Waals surface area (Å²) >= 11 is 3.72. The second kappa shape index (κ2) is 17.3. The molecule has 69 heavy (non-hydrogen) atoms. The van der Waals surface area contributed by atoms with Gasteiger partial charge in [-0.2, -0.15) is 0 Å². The van der Waals surface area contributed by atoms with Crippen LogP contribution in [0.2, 0.25) is 0 Å². The maximum absolute atomic E-state index is 2.47. The van der Waals surface area contributed by atoms with E-state index in [0.29, 0.717) is 0 Å². The molecule has 0 N–H and O–H groups in total. The Balaban J connectivity index is 1.05. The van der Waals surface area contributed by atoms with Gasteiger partial charge in [0, 0.05) is 91.2 Å². The van der Waals surface area contributed by atoms with Crippen LogP contribution in [0.1, 0.15) is 0 Å². The van der Waals surface area contributed by atoms with Gasteiger partial charge in [-0.15, -0.1) is 22.7 Å². The number of fused-ring (bicyclic) bond motifs is 7. The van der Waals surface area contributed by atoms with E-state index in [1.165, 1.54) is 51.1 Å². The average molecular weight is 918 g/mol. The number of benzene rings is 11. The van der Waals surface area contributed by atoms with Crippen molar-refractivity contribution in [3.8, 4) is 11.1 Å². The van der Waals surface area contributed by atoms with E-state index in [-0.39, 0.29) is 0 Å². The van der Waals surface area contributed by atoms with E-state index in [0.717, 1.165) is 62.3 Å². The van der Waals surface area contributed by atoms with Gasteiger partial charge in [0.2, 0.25) is 0 Å². The van der Waals surface area contributed by atoms with Crippen molar-refractivity contribution in [1.82, 2.24) is 0 Å². The van der Waals surface area contributed by atoms with E-state index in [2.05, 4.69) is 276 Å². The number of anilines is 9. The minimum Gasteiger partial charge on any atom is -0.310 e. The lowest BCUT2D eigenvalue weighted by Gasteiger charge is -2.31. The average Bonchev–Trinajstić information content (AvgIpc) is 3.98. The van der Waals surface area contributed by atoms with E-state index >= 15 is 0 Å². The van der Waals surface area contributed by atoms with Crippen molar-refractivity contribution in [3.63, 3.8) is 0 Å². The van der Waals surface area contributed by atoms with Gasteiger partial charge in [0.05, 0.1) is 5.69 Å². The Bertz CT molecular complexity index is 3680. The number of rotatable bonds is 10. The zero-order valence-electron chi connectivity index (χ0n) is 37.5. The maximum atomic E-state index is 2.47. The number of hydrogen-bond acceptors (Lipinski definition) is 5. The molecule has 326 valence electrons. The zero-order valence-corrected chi connectivity index (χ0v) is 39.1. The topological polar surface area (TPSA) is 9.72 Å². The fourth-order valence-corrected chi connectivity index (χ4v) is 12.4. The molecular weight excluding hydrogens is 875 g/mol. The second-order valence-corrected chi connectivity index (χ2v) is 19.5. The molecule has 0 amide bonds. The molecule has 3 nitrogen and oxygen atoms in total. The van der Waals surface area contributed by atoms with Gasteiger partial charge in [-0.3, -0.25) is 0 Å². The van der Waals surface area contributed by atoms with Gasteiger partial charge in [-0.05, 0) is 126 Å². The van der Waals surface area contributed by atoms with Gasteiger partial charge in [-0.1, -0.05) is 152 Å². The Morgan fingerprint density at radius 1 is 0.217 bits per heavy atom. The Kier molecular flexibility index (Phi) is 10.2. The number of nitrogens with zero attached hydrogens (tertiary/aromatic N) is 3. The standard InChI is InChI=1S/C64H43N3S2/c1-5-19-45(20-6-1)65(46-21-7-2-8-22-46)51-39-44(40-52(41-51)66(47-23-9-3-10-24-47)48-25-11-4-12-26-48)53-37-38-60(55-28-14-13-27-54(53)55)67(49-33-35-58-56-29-15-17-31-61(56)68-63(58)42-49)50-34-36-59-57-30-16-18-32-62(57)69-64(59)43-50/h1-43H. The predicted octanol–water partition coefficient (Wildman–Crippen LogP) is 19.7. The summed E-state index contributed by atoms with van der Waals surface area (Å²) in [5.74, 6) is 0. The van der Waals surface area contributed by atoms with Gasteiger partial charge >= 0.3 is 0 Å². The van der Waals surface area contributed by atoms with E-state index < -0.39 is 0 Å². The molecule has 2 heterocycles. The molecule has 0 aliphatic heterocycles. The van der Waals surface area contributed by atoms with E-state index in [9.17, 15) is 0 Å². The van der Waals surface area contributed by atoms with Gasteiger partial charge in [0.25, 0.3) is 0 Å². The van der Waals surface area contributed by atoms with E-state index in [1.54, 1.807) is 0 Å². The molecule has 0 atom stereocenters. The molecule has 0 fully saturated rings. The molecule has 0 spiro atoms. The lowest BCUT2D eigenvalue weighted by molar-refractivity contribution is 1.25. The molecule has 2 aromatic heterocycles. The van der Waals surface area contributed by atoms with Crippen molar-refractivity contribution < 1.29 is 0 Å². The summed E-state index contributed by atoms with van der Waals surface area (Å²) in [6.45, 7) is 0. The van der Waals surface area contributed by atoms with Crippen molar-refractivity contribution in [2.75, 3.05) is 14.7 Å². The monoisotopic (exact) mass is 917 g/mol. The minimum atomic E-state index is 1.06. The van der Waals surface area contributed by atoms with Crippen LogP contribution in [0.3, 0.4) is 0 Å². The third-order valence-corrected chi connectivity index (χ3v) is 15.4. The largest absolute Gasteiger partial charge is 0.310 e. The van der Waals surface area contributed by atoms with Crippen molar-refractivity contribution in [2.45, 2.75) is 0 Å². The molecule has 0 radical (unpaired) electrons. The highest BCUT2D eigenvalue weighted by molar-refractivity contribution is 7.26. The highest BCUT2D eigenvalue weighted by atomic mass is 32.1. The van der Waals surface area contributed by atoms with E-state index in [1.807, 2.05) is 22.7 Å². The molecule has 13 aromatic rings. The van der Waals surface area contributed by atoms with Gasteiger partial charge in [0.1, 0.15) is 0 Å². The normalized spacial score (nSPS) is 11.5. The van der Waals surface area contributed by atoms with Crippen LogP contribution >= 0.6 is 22.7 Å². The first-order chi connectivity index (χ1) is 34.2. The summed E-state index contributed by atoms with van der Waals surface area (Å²) in [7, 11) is 0. The first-order valence-corrected chi connectivity index (χ1v) is 25.0. The quantitative estimate of drug-likeness (QED) is 0.135. The van der Waals surface area contributed by atoms with Crippen LogP contribution in [-0.4, -0.2) is 0 Å². The summed E-state index contributed by atoms with van der Waals surface area (Å²) < 4.78 is 5.15. The van der Waals surface area contributed by atoms with Crippen LogP contribution < -0.4 is 14.7 Å². The molecule has 13 rings (SSSR count). The summed E-state index contributed by atoms with van der Waals surface area (Å²) in [5.41, 5.74) is 12.1. The van der Waals surface area contributed by atoms with E-state index in [4.69, 9.17) is 0 Å². The summed E-state index contributed by atoms with van der Waals surface area (Å²) in [4.78, 5) is 7.21. The first-order valence-electron chi connectivity index (χ1n) is 23.3. The van der Waals surface area contributed by atoms with Crippen LogP contribution in [0, 0.1) is 0 Å². The van der Waals surface area contributed by atoms with Crippen LogP contribution in [0.4, 0.5) is 51.2 Å². The fourth-order valence-electron chi connectivity index (χ4n) is 10.1. The van der Waals surface area contributed by atoms with Crippen molar-refractivity contribution in [2.24, 2.45) is 0 Å². The maximum Gasteiger partial charge on any atom is 0.0540 e. The van der Waals surface area contributed by atoms with Crippen molar-refractivity contribution in [3.05, 3.63) is 261 Å². The molecule has 0 bridgehead atoms. The molecule has 0 saturated heterocycles. The summed E-state index contributed by atoms with van der Waals surface area (Å²) in [5, 5.41) is 7.52. The number of para-hydroxylation sites is 4. The summed E-state index contributed by atoms with van der Waals surface area (Å²) in [6, 6.07) is 95.0. The SMILES string of the molecule is c1ccc(N(c2ccccc2)c2cc(-c3ccc(N(c4ccc5c(c4)sc4ccccc45)c4ccc5c(c4)sc4ccccc45)c4ccccc34)cc(N(c3ccccc3)c3ccccc3)c2)cc1. The molecular formula is C64H43N3S2. The number of hydrogen-bond donors (Lipinski definition) is 0. The highest BCUT2D eigenvalue weighted by Gasteiger charge is 2.23. The third kappa shape index (κ3) is 7.36.